The standard InChI is InChI=1S/C12H9N3O3S/c16-15(17)12-10-8-13-18-14(10)7-6-11(12)19-9-4-2-1-3-5-9/h1-8,13H. The van der Waals surface area contributed by atoms with E-state index < -0.39 is 4.92 Å². The van der Waals surface area contributed by atoms with Gasteiger partial charge >= 0.3 is 5.70 Å². The average molecular weight is 275 g/mol. The number of allylic oxidation sites excluding steroid dienone is 1. The van der Waals surface area contributed by atoms with Crippen LogP contribution in [0.3, 0.4) is 0 Å². The molecule has 0 radical (unpaired) electrons. The number of hydrogen-bond donors (Lipinski definition) is 1. The van der Waals surface area contributed by atoms with E-state index in [9.17, 15) is 10.1 Å². The van der Waals surface area contributed by atoms with Crippen LogP contribution in [0.5, 0.6) is 0 Å². The van der Waals surface area contributed by atoms with Gasteiger partial charge in [0.1, 0.15) is 0 Å². The fraction of sp³-hybridized carbons (Fsp3) is 0. The quantitative estimate of drug-likeness (QED) is 0.675. The smallest absolute Gasteiger partial charge is 0.258 e. The van der Waals surface area contributed by atoms with Crippen LogP contribution in [0.25, 0.3) is 0 Å². The third-order valence-electron chi connectivity index (χ3n) is 2.58. The van der Waals surface area contributed by atoms with Crippen molar-refractivity contribution in [1.82, 2.24) is 10.5 Å². The molecule has 0 aromatic heterocycles. The first-order valence-electron chi connectivity index (χ1n) is 5.48. The van der Waals surface area contributed by atoms with Crippen LogP contribution in [-0.2, 0) is 4.94 Å². The zero-order chi connectivity index (χ0) is 13.2. The Labute approximate surface area is 113 Å². The highest BCUT2D eigenvalue weighted by Gasteiger charge is 2.33. The minimum atomic E-state index is -0.399. The van der Waals surface area contributed by atoms with E-state index >= 15 is 0 Å². The molecule has 6 nitrogen and oxygen atoms in total. The second-order valence-electron chi connectivity index (χ2n) is 3.77. The molecule has 2 aliphatic rings. The minimum absolute atomic E-state index is 0.0290. The first-order valence-corrected chi connectivity index (χ1v) is 6.29. The van der Waals surface area contributed by atoms with Crippen molar-refractivity contribution in [1.29, 1.82) is 0 Å². The molecule has 2 heterocycles. The summed E-state index contributed by atoms with van der Waals surface area (Å²) in [7, 11) is 0. The molecule has 1 aromatic carbocycles. The molecule has 96 valence electrons. The van der Waals surface area contributed by atoms with Gasteiger partial charge < -0.3 is 0 Å². The highest BCUT2D eigenvalue weighted by Crippen LogP contribution is 2.37. The molecular formula is C12H9N3O3S. The van der Waals surface area contributed by atoms with Gasteiger partial charge in [-0.05, 0) is 18.2 Å². The van der Waals surface area contributed by atoms with Crippen LogP contribution < -0.4 is 5.48 Å². The lowest BCUT2D eigenvalue weighted by Crippen LogP contribution is -2.21. The molecule has 2 aliphatic heterocycles. The van der Waals surface area contributed by atoms with Crippen LogP contribution >= 0.6 is 11.8 Å². The average Bonchev–Trinajstić information content (AvgIpc) is 2.87. The Morgan fingerprint density at radius 2 is 2.11 bits per heavy atom. The van der Waals surface area contributed by atoms with Crippen molar-refractivity contribution >= 4 is 11.8 Å². The maximum absolute atomic E-state index is 11.2. The van der Waals surface area contributed by atoms with Crippen molar-refractivity contribution in [3.63, 3.8) is 0 Å². The molecule has 7 heteroatoms. The fourth-order valence-electron chi connectivity index (χ4n) is 1.76. The van der Waals surface area contributed by atoms with E-state index in [1.54, 1.807) is 12.3 Å². The van der Waals surface area contributed by atoms with Crippen molar-refractivity contribution in [2.75, 3.05) is 0 Å². The van der Waals surface area contributed by atoms with E-state index in [0.29, 0.717) is 10.6 Å². The Hall–Kier alpha value is -2.25. The molecule has 0 saturated carbocycles. The second kappa shape index (κ2) is 4.79. The largest absolute Gasteiger partial charge is 0.310 e. The number of hydrogen-bond acceptors (Lipinski definition) is 6. The number of benzene rings is 1. The van der Waals surface area contributed by atoms with Crippen LogP contribution in [-0.4, -0.2) is 9.99 Å². The van der Waals surface area contributed by atoms with Gasteiger partial charge in [-0.2, -0.15) is 10.0 Å². The van der Waals surface area contributed by atoms with Crippen molar-refractivity contribution < 1.29 is 9.86 Å². The van der Waals surface area contributed by atoms with Crippen molar-refractivity contribution in [3.8, 4) is 0 Å². The number of nitrogens with zero attached hydrogens (tertiary/aromatic N) is 2. The molecule has 19 heavy (non-hydrogen) atoms. The van der Waals surface area contributed by atoms with E-state index in [2.05, 4.69) is 5.48 Å². The molecule has 0 aliphatic carbocycles. The zero-order valence-electron chi connectivity index (χ0n) is 9.65. The molecule has 0 atom stereocenters. The lowest BCUT2D eigenvalue weighted by molar-refractivity contribution is -0.424. The fourth-order valence-corrected chi connectivity index (χ4v) is 2.71. The van der Waals surface area contributed by atoms with Crippen LogP contribution in [0.4, 0.5) is 0 Å². The number of thioether (sulfide) groups is 1. The van der Waals surface area contributed by atoms with Crippen LogP contribution in [0.2, 0.25) is 0 Å². The maximum atomic E-state index is 11.2. The van der Waals surface area contributed by atoms with Gasteiger partial charge in [-0.3, -0.25) is 10.1 Å². The first kappa shape index (κ1) is 11.8. The van der Waals surface area contributed by atoms with Gasteiger partial charge in [0, 0.05) is 11.1 Å². The Morgan fingerprint density at radius 1 is 1.32 bits per heavy atom. The van der Waals surface area contributed by atoms with Gasteiger partial charge in [-0.25, -0.2) is 5.48 Å². The minimum Gasteiger partial charge on any atom is -0.258 e. The molecule has 3 rings (SSSR count). The highest BCUT2D eigenvalue weighted by molar-refractivity contribution is 8.03. The van der Waals surface area contributed by atoms with Gasteiger partial charge in [-0.15, -0.1) is 0 Å². The lowest BCUT2D eigenvalue weighted by Gasteiger charge is -2.17. The molecule has 0 fully saturated rings. The number of nitro groups is 1. The monoisotopic (exact) mass is 275 g/mol. The van der Waals surface area contributed by atoms with Gasteiger partial charge in [0.2, 0.25) is 0 Å². The molecule has 0 unspecified atom stereocenters. The summed E-state index contributed by atoms with van der Waals surface area (Å²) in [5.41, 5.74) is 2.92. The molecule has 1 aromatic rings. The number of hydroxylamine groups is 3. The van der Waals surface area contributed by atoms with Crippen LogP contribution in [0.15, 0.2) is 70.0 Å². The summed E-state index contributed by atoms with van der Waals surface area (Å²) in [4.78, 5) is 17.4. The van der Waals surface area contributed by atoms with Gasteiger partial charge in [0.15, 0.2) is 5.70 Å². The van der Waals surface area contributed by atoms with E-state index in [0.717, 1.165) is 4.90 Å². The molecular weight excluding hydrogens is 266 g/mol. The molecule has 1 N–H and O–H groups in total. The van der Waals surface area contributed by atoms with Gasteiger partial charge in [0.25, 0.3) is 0 Å². The molecule has 0 bridgehead atoms. The first-order chi connectivity index (χ1) is 9.25. The van der Waals surface area contributed by atoms with Crippen molar-refractivity contribution in [2.45, 2.75) is 4.90 Å². The van der Waals surface area contributed by atoms with Crippen molar-refractivity contribution in [3.05, 3.63) is 75.2 Å². The summed E-state index contributed by atoms with van der Waals surface area (Å²) in [6.07, 6.45) is 4.78. The summed E-state index contributed by atoms with van der Waals surface area (Å²) in [6, 6.07) is 9.52. The predicted molar refractivity (Wildman–Crippen MR) is 69.6 cm³/mol. The Kier molecular flexibility index (Phi) is 2.98. The normalized spacial score (nSPS) is 17.1. The summed E-state index contributed by atoms with van der Waals surface area (Å²) in [5.74, 6) is 0. The Morgan fingerprint density at radius 3 is 2.84 bits per heavy atom. The Bertz CT molecular complexity index is 610. The number of rotatable bonds is 3. The zero-order valence-corrected chi connectivity index (χ0v) is 10.5. The second-order valence-corrected chi connectivity index (χ2v) is 4.88. The van der Waals surface area contributed by atoms with Crippen LogP contribution in [0, 0.1) is 10.1 Å². The predicted octanol–water partition coefficient (Wildman–Crippen LogP) is 2.39. The maximum Gasteiger partial charge on any atom is 0.310 e. The van der Waals surface area contributed by atoms with Gasteiger partial charge in [-0.1, -0.05) is 30.0 Å². The SMILES string of the molecule is O=[N+]([O-])C1=C(Sc2ccccc2)C=CN2ONC=C12. The van der Waals surface area contributed by atoms with E-state index in [1.165, 1.54) is 23.0 Å². The Balaban J connectivity index is 1.99. The lowest BCUT2D eigenvalue weighted by atomic mass is 10.2. The van der Waals surface area contributed by atoms with Gasteiger partial charge in [0.05, 0.1) is 16.0 Å². The number of fused-ring (bicyclic) bond motifs is 1. The third-order valence-corrected chi connectivity index (χ3v) is 3.63. The molecule has 0 amide bonds. The van der Waals surface area contributed by atoms with E-state index in [-0.39, 0.29) is 5.70 Å². The summed E-state index contributed by atoms with van der Waals surface area (Å²) in [5, 5.41) is 12.6. The van der Waals surface area contributed by atoms with Crippen LogP contribution in [0.1, 0.15) is 0 Å². The summed E-state index contributed by atoms with van der Waals surface area (Å²) in [6.45, 7) is 0. The highest BCUT2D eigenvalue weighted by atomic mass is 32.2. The van der Waals surface area contributed by atoms with E-state index in [1.807, 2.05) is 30.3 Å². The number of nitrogens with one attached hydrogen (secondary N) is 1. The third kappa shape index (κ3) is 2.20. The summed E-state index contributed by atoms with van der Waals surface area (Å²) < 4.78 is 0. The molecule has 0 spiro atoms. The summed E-state index contributed by atoms with van der Waals surface area (Å²) >= 11 is 1.35. The molecule has 0 saturated heterocycles. The van der Waals surface area contributed by atoms with Crippen molar-refractivity contribution in [2.24, 2.45) is 0 Å². The topological polar surface area (TPSA) is 67.6 Å². The van der Waals surface area contributed by atoms with E-state index in [4.69, 9.17) is 4.94 Å².